The molecule has 1 N–H and O–H groups in total. The highest BCUT2D eigenvalue weighted by Gasteiger charge is 2.25. The van der Waals surface area contributed by atoms with Crippen LogP contribution < -0.4 is 0 Å². The molecule has 0 aliphatic carbocycles. The Morgan fingerprint density at radius 3 is 3.17 bits per heavy atom. The van der Waals surface area contributed by atoms with Gasteiger partial charge in [0, 0.05) is 25.4 Å². The summed E-state index contributed by atoms with van der Waals surface area (Å²) in [6.07, 6.45) is 3.25. The second kappa shape index (κ2) is 6.00. The molecule has 1 saturated heterocycles. The topological polar surface area (TPSA) is 58.2 Å². The monoisotopic (exact) mass is 251 g/mol. The summed E-state index contributed by atoms with van der Waals surface area (Å²) < 4.78 is 5.73. The van der Waals surface area contributed by atoms with Crippen LogP contribution in [0.5, 0.6) is 0 Å². The molecule has 1 fully saturated rings. The summed E-state index contributed by atoms with van der Waals surface area (Å²) in [6, 6.07) is 1.79. The van der Waals surface area contributed by atoms with E-state index in [1.54, 1.807) is 6.07 Å². The smallest absolute Gasteiger partial charge is 0.274 e. The van der Waals surface area contributed by atoms with Gasteiger partial charge in [0.2, 0.25) is 0 Å². The van der Waals surface area contributed by atoms with E-state index in [1.807, 2.05) is 11.8 Å². The van der Waals surface area contributed by atoms with Gasteiger partial charge in [-0.1, -0.05) is 6.92 Å². The maximum absolute atomic E-state index is 12.2. The van der Waals surface area contributed by atoms with E-state index in [-0.39, 0.29) is 12.0 Å². The first-order chi connectivity index (χ1) is 8.70. The minimum Gasteiger partial charge on any atom is -0.376 e. The van der Waals surface area contributed by atoms with Crippen LogP contribution in [0.1, 0.15) is 42.4 Å². The average molecular weight is 251 g/mol. The molecule has 1 aromatic heterocycles. The lowest BCUT2D eigenvalue weighted by Crippen LogP contribution is -2.43. The van der Waals surface area contributed by atoms with Crippen LogP contribution in [0.25, 0.3) is 0 Å². The second-order valence-corrected chi connectivity index (χ2v) is 4.82. The van der Waals surface area contributed by atoms with Gasteiger partial charge in [-0.05, 0) is 32.3 Å². The van der Waals surface area contributed by atoms with Gasteiger partial charge in [-0.15, -0.1) is 0 Å². The Labute approximate surface area is 108 Å². The van der Waals surface area contributed by atoms with Crippen LogP contribution in [0.4, 0.5) is 0 Å². The van der Waals surface area contributed by atoms with E-state index in [0.717, 1.165) is 38.1 Å². The largest absolute Gasteiger partial charge is 0.376 e. The zero-order valence-corrected chi connectivity index (χ0v) is 11.1. The number of hydrogen-bond donors (Lipinski definition) is 1. The number of amides is 1. The van der Waals surface area contributed by atoms with E-state index >= 15 is 0 Å². The molecule has 1 aliphatic rings. The fourth-order valence-corrected chi connectivity index (χ4v) is 2.23. The fraction of sp³-hybridized carbons (Fsp3) is 0.692. The molecule has 18 heavy (non-hydrogen) atoms. The Kier molecular flexibility index (Phi) is 4.36. The van der Waals surface area contributed by atoms with E-state index in [2.05, 4.69) is 17.1 Å². The van der Waals surface area contributed by atoms with E-state index in [4.69, 9.17) is 4.74 Å². The summed E-state index contributed by atoms with van der Waals surface area (Å²) in [5.74, 6) is 0.00384. The van der Waals surface area contributed by atoms with Gasteiger partial charge in [0.15, 0.2) is 0 Å². The molecule has 0 aromatic carbocycles. The van der Waals surface area contributed by atoms with Crippen molar-refractivity contribution in [2.75, 3.05) is 19.7 Å². The summed E-state index contributed by atoms with van der Waals surface area (Å²) in [6.45, 7) is 6.25. The van der Waals surface area contributed by atoms with Crippen molar-refractivity contribution in [2.24, 2.45) is 0 Å². The molecule has 0 bridgehead atoms. The first-order valence-corrected chi connectivity index (χ1v) is 6.63. The van der Waals surface area contributed by atoms with E-state index in [1.165, 1.54) is 0 Å². The van der Waals surface area contributed by atoms with Crippen molar-refractivity contribution in [3.8, 4) is 0 Å². The number of hydrogen-bond acceptors (Lipinski definition) is 3. The van der Waals surface area contributed by atoms with Crippen molar-refractivity contribution in [1.29, 1.82) is 0 Å². The van der Waals surface area contributed by atoms with Crippen LogP contribution in [0, 0.1) is 6.92 Å². The first-order valence-electron chi connectivity index (χ1n) is 6.63. The number of likely N-dealkylation sites (tertiary alicyclic amines) is 1. The lowest BCUT2D eigenvalue weighted by Gasteiger charge is -2.32. The third-order valence-electron chi connectivity index (χ3n) is 3.15. The molecule has 2 rings (SSSR count). The normalized spacial score (nSPS) is 20.1. The molecule has 0 saturated carbocycles. The molecule has 5 nitrogen and oxygen atoms in total. The Hall–Kier alpha value is -1.36. The van der Waals surface area contributed by atoms with Crippen LogP contribution in [0.2, 0.25) is 0 Å². The van der Waals surface area contributed by atoms with E-state index in [9.17, 15) is 4.79 Å². The van der Waals surface area contributed by atoms with Crippen molar-refractivity contribution in [3.05, 3.63) is 17.5 Å². The highest BCUT2D eigenvalue weighted by atomic mass is 16.5. The fourth-order valence-electron chi connectivity index (χ4n) is 2.23. The van der Waals surface area contributed by atoms with Gasteiger partial charge in [-0.3, -0.25) is 9.89 Å². The molecule has 1 amide bonds. The molecule has 0 spiro atoms. The van der Waals surface area contributed by atoms with Crippen molar-refractivity contribution in [1.82, 2.24) is 15.1 Å². The Morgan fingerprint density at radius 1 is 1.67 bits per heavy atom. The van der Waals surface area contributed by atoms with E-state index < -0.39 is 0 Å². The van der Waals surface area contributed by atoms with Gasteiger partial charge in [-0.2, -0.15) is 5.10 Å². The van der Waals surface area contributed by atoms with Crippen molar-refractivity contribution >= 4 is 5.91 Å². The summed E-state index contributed by atoms with van der Waals surface area (Å²) in [5.41, 5.74) is 1.41. The maximum atomic E-state index is 12.2. The van der Waals surface area contributed by atoms with Crippen LogP contribution in [0.3, 0.4) is 0 Å². The molecule has 1 aromatic rings. The molecular formula is C13H21N3O2. The maximum Gasteiger partial charge on any atom is 0.274 e. The van der Waals surface area contributed by atoms with Gasteiger partial charge < -0.3 is 9.64 Å². The summed E-state index contributed by atoms with van der Waals surface area (Å²) in [5, 5.41) is 6.83. The number of H-pyrrole nitrogens is 1. The third kappa shape index (κ3) is 3.10. The molecule has 100 valence electrons. The van der Waals surface area contributed by atoms with Gasteiger partial charge in [-0.25, -0.2) is 0 Å². The quantitative estimate of drug-likeness (QED) is 0.887. The predicted octanol–water partition coefficient (Wildman–Crippen LogP) is 1.75. The number of nitrogens with zero attached hydrogens (tertiary/aromatic N) is 2. The molecular weight excluding hydrogens is 230 g/mol. The predicted molar refractivity (Wildman–Crippen MR) is 68.5 cm³/mol. The van der Waals surface area contributed by atoms with Crippen LogP contribution in [-0.2, 0) is 4.74 Å². The Balaban J connectivity index is 1.94. The SMILES string of the molecule is CCCOC1CCCN(C(=O)c2cc(C)[nH]n2)C1. The molecule has 0 radical (unpaired) electrons. The number of nitrogens with one attached hydrogen (secondary N) is 1. The standard InChI is InChI=1S/C13H21N3O2/c1-3-7-18-11-5-4-6-16(9-11)13(17)12-8-10(2)14-15-12/h8,11H,3-7,9H2,1-2H3,(H,14,15). The molecule has 2 heterocycles. The second-order valence-electron chi connectivity index (χ2n) is 4.82. The first kappa shape index (κ1) is 13.1. The number of aromatic nitrogens is 2. The van der Waals surface area contributed by atoms with Crippen LogP contribution in [-0.4, -0.2) is 46.8 Å². The number of carbonyl (C=O) groups excluding carboxylic acids is 1. The molecule has 1 unspecified atom stereocenters. The molecule has 5 heteroatoms. The lowest BCUT2D eigenvalue weighted by molar-refractivity contribution is 0.00192. The Bertz CT molecular complexity index is 403. The van der Waals surface area contributed by atoms with Gasteiger partial charge in [0.25, 0.3) is 5.91 Å². The van der Waals surface area contributed by atoms with Crippen molar-refractivity contribution < 1.29 is 9.53 Å². The summed E-state index contributed by atoms with van der Waals surface area (Å²) >= 11 is 0. The number of ether oxygens (including phenoxy) is 1. The summed E-state index contributed by atoms with van der Waals surface area (Å²) in [4.78, 5) is 14.1. The minimum absolute atomic E-state index is 0.00384. The lowest BCUT2D eigenvalue weighted by atomic mass is 10.1. The number of piperidine rings is 1. The van der Waals surface area contributed by atoms with Crippen molar-refractivity contribution in [2.45, 2.75) is 39.2 Å². The van der Waals surface area contributed by atoms with E-state index in [0.29, 0.717) is 12.2 Å². The number of rotatable bonds is 4. The number of aryl methyl sites for hydroxylation is 1. The summed E-state index contributed by atoms with van der Waals surface area (Å²) in [7, 11) is 0. The molecule has 1 aliphatic heterocycles. The van der Waals surface area contributed by atoms with Gasteiger partial charge >= 0.3 is 0 Å². The minimum atomic E-state index is 0.00384. The van der Waals surface area contributed by atoms with Crippen LogP contribution >= 0.6 is 0 Å². The highest BCUT2D eigenvalue weighted by Crippen LogP contribution is 2.15. The molecule has 1 atom stereocenters. The average Bonchev–Trinajstić information content (AvgIpc) is 2.82. The van der Waals surface area contributed by atoms with Gasteiger partial charge in [0.1, 0.15) is 5.69 Å². The zero-order chi connectivity index (χ0) is 13.0. The van der Waals surface area contributed by atoms with Crippen LogP contribution in [0.15, 0.2) is 6.07 Å². The number of aromatic amines is 1. The number of carbonyl (C=O) groups is 1. The third-order valence-corrected chi connectivity index (χ3v) is 3.15. The van der Waals surface area contributed by atoms with Crippen molar-refractivity contribution in [3.63, 3.8) is 0 Å². The Morgan fingerprint density at radius 2 is 2.50 bits per heavy atom. The zero-order valence-electron chi connectivity index (χ0n) is 11.1. The highest BCUT2D eigenvalue weighted by molar-refractivity contribution is 5.92. The van der Waals surface area contributed by atoms with Gasteiger partial charge in [0.05, 0.1) is 6.10 Å².